The minimum Gasteiger partial charge on any atom is -0.376 e. The summed E-state index contributed by atoms with van der Waals surface area (Å²) >= 11 is 5.30. The zero-order chi connectivity index (χ0) is 13.6. The second-order valence-electron chi connectivity index (χ2n) is 5.09. The van der Waals surface area contributed by atoms with E-state index in [4.69, 9.17) is 17.0 Å². The molecule has 5 nitrogen and oxygen atoms in total. The van der Waals surface area contributed by atoms with Crippen molar-refractivity contribution in [3.05, 3.63) is 26.9 Å². The van der Waals surface area contributed by atoms with E-state index in [0.29, 0.717) is 16.8 Å². The molecule has 0 aliphatic carbocycles. The first-order valence-electron chi connectivity index (χ1n) is 6.48. The summed E-state index contributed by atoms with van der Waals surface area (Å²) in [5.41, 5.74) is 2.47. The van der Waals surface area contributed by atoms with Gasteiger partial charge >= 0.3 is 0 Å². The lowest BCUT2D eigenvalue weighted by molar-refractivity contribution is 0.0956. The molecule has 1 fully saturated rings. The van der Waals surface area contributed by atoms with Gasteiger partial charge in [-0.3, -0.25) is 9.36 Å². The molecule has 1 aliphatic rings. The highest BCUT2D eigenvalue weighted by Crippen LogP contribution is 2.15. The van der Waals surface area contributed by atoms with Crippen LogP contribution >= 0.6 is 12.2 Å². The van der Waals surface area contributed by atoms with Crippen LogP contribution in [0.5, 0.6) is 0 Å². The molecule has 0 saturated carbocycles. The molecule has 2 aromatic rings. The number of hydrogen-bond donors (Lipinski definition) is 1. The maximum atomic E-state index is 12.6. The standard InChI is InChI=1S/C13H17N3O2S/c1-8-6-10-11(15(8)2)12(17)16(13(19)14-10)7-9-4-3-5-18-9/h6,9H,3-5,7H2,1-2H3,(H,14,19). The molecular formula is C13H17N3O2S. The predicted molar refractivity (Wildman–Crippen MR) is 76.1 cm³/mol. The molecule has 1 N–H and O–H groups in total. The van der Waals surface area contributed by atoms with Crippen LogP contribution in [0, 0.1) is 11.7 Å². The number of ether oxygens (including phenoxy) is 1. The zero-order valence-corrected chi connectivity index (χ0v) is 11.9. The maximum absolute atomic E-state index is 12.6. The Morgan fingerprint density at radius 1 is 1.58 bits per heavy atom. The summed E-state index contributed by atoms with van der Waals surface area (Å²) in [6.45, 7) is 3.29. The third-order valence-electron chi connectivity index (χ3n) is 3.82. The monoisotopic (exact) mass is 279 g/mol. The van der Waals surface area contributed by atoms with E-state index in [-0.39, 0.29) is 11.7 Å². The summed E-state index contributed by atoms with van der Waals surface area (Å²) in [5.74, 6) is 0. The van der Waals surface area contributed by atoms with Crippen LogP contribution in [0.4, 0.5) is 0 Å². The maximum Gasteiger partial charge on any atom is 0.278 e. The summed E-state index contributed by atoms with van der Waals surface area (Å²) in [6, 6.07) is 1.95. The number of rotatable bonds is 2. The van der Waals surface area contributed by atoms with Crippen LogP contribution in [0.3, 0.4) is 0 Å². The molecule has 1 unspecified atom stereocenters. The number of fused-ring (bicyclic) bond motifs is 1. The van der Waals surface area contributed by atoms with Crippen molar-refractivity contribution in [2.75, 3.05) is 6.61 Å². The molecule has 102 valence electrons. The minimum absolute atomic E-state index is 0.0372. The fourth-order valence-corrected chi connectivity index (χ4v) is 2.91. The summed E-state index contributed by atoms with van der Waals surface area (Å²) in [5, 5.41) is 0. The quantitative estimate of drug-likeness (QED) is 0.854. The van der Waals surface area contributed by atoms with Crippen molar-refractivity contribution in [3.63, 3.8) is 0 Å². The van der Waals surface area contributed by atoms with Gasteiger partial charge in [0.05, 0.1) is 18.2 Å². The predicted octanol–water partition coefficient (Wildman–Crippen LogP) is 1.89. The highest BCUT2D eigenvalue weighted by Gasteiger charge is 2.19. The Balaban J connectivity index is 2.16. The molecule has 0 amide bonds. The van der Waals surface area contributed by atoms with Crippen LogP contribution in [0.1, 0.15) is 18.5 Å². The first kappa shape index (κ1) is 12.6. The highest BCUT2D eigenvalue weighted by molar-refractivity contribution is 7.71. The zero-order valence-electron chi connectivity index (χ0n) is 11.1. The molecule has 19 heavy (non-hydrogen) atoms. The van der Waals surface area contributed by atoms with E-state index in [0.717, 1.165) is 30.7 Å². The molecule has 0 spiro atoms. The van der Waals surface area contributed by atoms with E-state index < -0.39 is 0 Å². The van der Waals surface area contributed by atoms with Gasteiger partial charge in [0.1, 0.15) is 5.52 Å². The van der Waals surface area contributed by atoms with Crippen molar-refractivity contribution in [2.45, 2.75) is 32.4 Å². The lowest BCUT2D eigenvalue weighted by atomic mass is 10.2. The average Bonchev–Trinajstić information content (AvgIpc) is 2.95. The lowest BCUT2D eigenvalue weighted by Crippen LogP contribution is -2.28. The molecule has 1 saturated heterocycles. The third kappa shape index (κ3) is 2.04. The van der Waals surface area contributed by atoms with E-state index in [9.17, 15) is 4.79 Å². The summed E-state index contributed by atoms with van der Waals surface area (Å²) in [7, 11) is 1.90. The van der Waals surface area contributed by atoms with Gasteiger partial charge in [0.2, 0.25) is 0 Å². The molecule has 2 aromatic heterocycles. The van der Waals surface area contributed by atoms with E-state index >= 15 is 0 Å². The number of nitrogens with one attached hydrogen (secondary N) is 1. The Labute approximate surface area is 115 Å². The van der Waals surface area contributed by atoms with Gasteiger partial charge in [-0.1, -0.05) is 0 Å². The smallest absolute Gasteiger partial charge is 0.278 e. The Morgan fingerprint density at radius 2 is 2.37 bits per heavy atom. The van der Waals surface area contributed by atoms with Gasteiger partial charge in [0.15, 0.2) is 4.77 Å². The largest absolute Gasteiger partial charge is 0.376 e. The van der Waals surface area contributed by atoms with Gasteiger partial charge < -0.3 is 14.3 Å². The van der Waals surface area contributed by atoms with Crippen molar-refractivity contribution < 1.29 is 4.74 Å². The Bertz CT molecular complexity index is 735. The van der Waals surface area contributed by atoms with Crippen LogP contribution in [-0.2, 0) is 18.3 Å². The fourth-order valence-electron chi connectivity index (χ4n) is 2.65. The number of hydrogen-bond acceptors (Lipinski definition) is 3. The van der Waals surface area contributed by atoms with Crippen molar-refractivity contribution in [3.8, 4) is 0 Å². The molecule has 1 aliphatic heterocycles. The first-order chi connectivity index (χ1) is 9.08. The average molecular weight is 279 g/mol. The van der Waals surface area contributed by atoms with Gasteiger partial charge in [-0.25, -0.2) is 0 Å². The van der Waals surface area contributed by atoms with E-state index in [1.807, 2.05) is 24.6 Å². The first-order valence-corrected chi connectivity index (χ1v) is 6.89. The van der Waals surface area contributed by atoms with Gasteiger partial charge in [0, 0.05) is 19.3 Å². The molecule has 1 atom stereocenters. The number of aromatic nitrogens is 3. The van der Waals surface area contributed by atoms with Crippen molar-refractivity contribution >= 4 is 23.3 Å². The molecule has 6 heteroatoms. The summed E-state index contributed by atoms with van der Waals surface area (Å²) < 4.78 is 9.57. The lowest BCUT2D eigenvalue weighted by Gasteiger charge is -2.12. The van der Waals surface area contributed by atoms with Crippen LogP contribution in [0.15, 0.2) is 10.9 Å². The van der Waals surface area contributed by atoms with Crippen LogP contribution in [0.2, 0.25) is 0 Å². The van der Waals surface area contributed by atoms with E-state index in [1.54, 1.807) is 4.57 Å². The van der Waals surface area contributed by atoms with Crippen LogP contribution in [-0.4, -0.2) is 26.8 Å². The van der Waals surface area contributed by atoms with E-state index in [2.05, 4.69) is 4.98 Å². The molecule has 0 bridgehead atoms. The molecule has 0 radical (unpaired) electrons. The number of aryl methyl sites for hydroxylation is 2. The van der Waals surface area contributed by atoms with Gasteiger partial charge in [-0.05, 0) is 38.0 Å². The van der Waals surface area contributed by atoms with Crippen molar-refractivity contribution in [2.24, 2.45) is 7.05 Å². The topological polar surface area (TPSA) is 51.9 Å². The Morgan fingerprint density at radius 3 is 3.05 bits per heavy atom. The number of aromatic amines is 1. The van der Waals surface area contributed by atoms with Gasteiger partial charge in [-0.15, -0.1) is 0 Å². The fraction of sp³-hybridized carbons (Fsp3) is 0.538. The Hall–Kier alpha value is -1.40. The van der Waals surface area contributed by atoms with Crippen LogP contribution < -0.4 is 5.56 Å². The van der Waals surface area contributed by atoms with Crippen molar-refractivity contribution in [1.82, 2.24) is 14.1 Å². The van der Waals surface area contributed by atoms with Gasteiger partial charge in [0.25, 0.3) is 5.56 Å². The van der Waals surface area contributed by atoms with Crippen LogP contribution in [0.25, 0.3) is 11.0 Å². The third-order valence-corrected chi connectivity index (χ3v) is 4.14. The SMILES string of the molecule is Cc1cc2[nH]c(=S)n(CC3CCCO3)c(=O)c2n1C. The van der Waals surface area contributed by atoms with E-state index in [1.165, 1.54) is 0 Å². The second kappa shape index (κ2) is 4.61. The summed E-state index contributed by atoms with van der Waals surface area (Å²) in [4.78, 5) is 15.7. The second-order valence-corrected chi connectivity index (χ2v) is 5.47. The molecule has 3 heterocycles. The molecular weight excluding hydrogens is 262 g/mol. The Kier molecular flexibility index (Phi) is 3.06. The van der Waals surface area contributed by atoms with Gasteiger partial charge in [-0.2, -0.15) is 0 Å². The van der Waals surface area contributed by atoms with Crippen molar-refractivity contribution in [1.29, 1.82) is 0 Å². The summed E-state index contributed by atoms with van der Waals surface area (Å²) in [6.07, 6.45) is 2.15. The number of nitrogens with zero attached hydrogens (tertiary/aromatic N) is 2. The molecule has 0 aromatic carbocycles. The highest BCUT2D eigenvalue weighted by atomic mass is 32.1. The normalized spacial score (nSPS) is 19.4. The molecule has 3 rings (SSSR count). The minimum atomic E-state index is -0.0372. The number of H-pyrrole nitrogens is 1.